The van der Waals surface area contributed by atoms with Gasteiger partial charge in [0.2, 0.25) is 5.91 Å². The predicted octanol–water partition coefficient (Wildman–Crippen LogP) is 4.99. The highest BCUT2D eigenvalue weighted by molar-refractivity contribution is 6.34. The van der Waals surface area contributed by atoms with Crippen molar-refractivity contribution in [2.45, 2.75) is 44.7 Å². The molecule has 3 heterocycles. The van der Waals surface area contributed by atoms with Crippen LogP contribution in [-0.2, 0) is 15.1 Å². The molecule has 0 spiro atoms. The number of benzene rings is 2. The number of oxazole rings is 1. The summed E-state index contributed by atoms with van der Waals surface area (Å²) >= 11 is 6.85. The predicted molar refractivity (Wildman–Crippen MR) is 136 cm³/mol. The largest absolute Gasteiger partial charge is 0.441 e. The number of aromatic nitrogens is 1. The Morgan fingerprint density at radius 3 is 2.57 bits per heavy atom. The number of hydrogen-bond acceptors (Lipinski definition) is 7. The highest BCUT2D eigenvalue weighted by Gasteiger charge is 2.41. The van der Waals surface area contributed by atoms with E-state index in [2.05, 4.69) is 10.3 Å². The van der Waals surface area contributed by atoms with Gasteiger partial charge in [-0.3, -0.25) is 9.69 Å². The summed E-state index contributed by atoms with van der Waals surface area (Å²) in [5.74, 6) is 1.54. The molecule has 8 nitrogen and oxygen atoms in total. The van der Waals surface area contributed by atoms with Crippen LogP contribution in [0.5, 0.6) is 0 Å². The van der Waals surface area contributed by atoms with Crippen molar-refractivity contribution in [3.63, 3.8) is 0 Å². The van der Waals surface area contributed by atoms with Crippen molar-refractivity contribution in [1.29, 1.82) is 0 Å². The van der Waals surface area contributed by atoms with Crippen molar-refractivity contribution in [3.05, 3.63) is 65.1 Å². The number of nitrogens with one attached hydrogen (secondary N) is 1. The van der Waals surface area contributed by atoms with Crippen LogP contribution in [0, 0.1) is 6.92 Å². The Morgan fingerprint density at radius 1 is 1.17 bits per heavy atom. The first kappa shape index (κ1) is 23.4. The standard InChI is InChI=1S/C26H28ClN5O3/c1-16-29-15-22(35-16)17-6-8-18(9-7-17)30-21-5-3-4-20(24(21)27)26(2)14-23(33)32(25(28)31-26)19-10-12-34-13-11-19/h3-9,15,19,30H,10-14H2,1-2H3,(H2,28,31)/t26-/m0/s1. The third-order valence-corrected chi connectivity index (χ3v) is 6.98. The Balaban J connectivity index is 1.39. The molecule has 1 atom stereocenters. The SMILES string of the molecule is Cc1ncc(-c2ccc(Nc3cccc([C@]4(C)CC(=O)N(C5CCOCC5)C(N)=N4)c3Cl)cc2)o1. The van der Waals surface area contributed by atoms with Crippen molar-refractivity contribution < 1.29 is 13.9 Å². The maximum atomic E-state index is 13.2. The number of hydrogen-bond donors (Lipinski definition) is 2. The monoisotopic (exact) mass is 493 g/mol. The van der Waals surface area contributed by atoms with E-state index in [4.69, 9.17) is 31.5 Å². The van der Waals surface area contributed by atoms with Crippen LogP contribution in [-0.4, -0.2) is 41.0 Å². The Hall–Kier alpha value is -3.36. The molecule has 9 heteroatoms. The van der Waals surface area contributed by atoms with Gasteiger partial charge in [0.15, 0.2) is 17.6 Å². The minimum Gasteiger partial charge on any atom is -0.441 e. The van der Waals surface area contributed by atoms with Crippen LogP contribution in [0.3, 0.4) is 0 Å². The van der Waals surface area contributed by atoms with Crippen molar-refractivity contribution in [1.82, 2.24) is 9.88 Å². The molecule has 182 valence electrons. The number of carbonyl (C=O) groups excluding carboxylic acids is 1. The number of nitrogens with zero attached hydrogens (tertiary/aromatic N) is 3. The summed E-state index contributed by atoms with van der Waals surface area (Å²) in [4.78, 5) is 23.7. The van der Waals surface area contributed by atoms with Gasteiger partial charge >= 0.3 is 0 Å². The Morgan fingerprint density at radius 2 is 1.91 bits per heavy atom. The lowest BCUT2D eigenvalue weighted by Crippen LogP contribution is -2.55. The van der Waals surface area contributed by atoms with Gasteiger partial charge in [0, 0.05) is 43.0 Å². The van der Waals surface area contributed by atoms with Gasteiger partial charge in [-0.2, -0.15) is 0 Å². The number of ether oxygens (including phenoxy) is 1. The Bertz CT molecular complexity index is 1270. The zero-order valence-electron chi connectivity index (χ0n) is 19.8. The number of aliphatic imine (C=N–C) groups is 1. The van der Waals surface area contributed by atoms with E-state index in [-0.39, 0.29) is 24.3 Å². The third kappa shape index (κ3) is 4.63. The van der Waals surface area contributed by atoms with Crippen molar-refractivity contribution in [2.75, 3.05) is 18.5 Å². The summed E-state index contributed by atoms with van der Waals surface area (Å²) < 4.78 is 11.0. The Kier molecular flexibility index (Phi) is 6.25. The minimum atomic E-state index is -0.856. The quantitative estimate of drug-likeness (QED) is 0.518. The molecule has 3 N–H and O–H groups in total. The van der Waals surface area contributed by atoms with Crippen LogP contribution in [0.25, 0.3) is 11.3 Å². The van der Waals surface area contributed by atoms with Crippen LogP contribution < -0.4 is 11.1 Å². The highest BCUT2D eigenvalue weighted by atomic mass is 35.5. The second-order valence-electron chi connectivity index (χ2n) is 9.14. The summed E-state index contributed by atoms with van der Waals surface area (Å²) in [6, 6.07) is 13.5. The molecule has 2 aliphatic heterocycles. The number of amides is 1. The lowest BCUT2D eigenvalue weighted by molar-refractivity contribution is -0.132. The van der Waals surface area contributed by atoms with Gasteiger partial charge in [-0.1, -0.05) is 23.7 Å². The zero-order valence-corrected chi connectivity index (χ0v) is 20.5. The van der Waals surface area contributed by atoms with Crippen LogP contribution in [0.15, 0.2) is 58.1 Å². The molecule has 3 aromatic rings. The van der Waals surface area contributed by atoms with E-state index in [9.17, 15) is 4.79 Å². The maximum Gasteiger partial charge on any atom is 0.232 e. The van der Waals surface area contributed by atoms with E-state index in [1.54, 1.807) is 11.1 Å². The summed E-state index contributed by atoms with van der Waals surface area (Å²) in [6.07, 6.45) is 3.42. The first-order chi connectivity index (χ1) is 16.8. The molecular weight excluding hydrogens is 466 g/mol. The number of carbonyl (C=O) groups is 1. The maximum absolute atomic E-state index is 13.2. The number of anilines is 2. The Labute approximate surface area is 209 Å². The van der Waals surface area contributed by atoms with Gasteiger partial charge in [0.05, 0.1) is 28.9 Å². The van der Waals surface area contributed by atoms with Gasteiger partial charge < -0.3 is 20.2 Å². The topological polar surface area (TPSA) is 106 Å². The van der Waals surface area contributed by atoms with E-state index >= 15 is 0 Å². The molecule has 2 aliphatic rings. The lowest BCUT2D eigenvalue weighted by Gasteiger charge is -2.40. The number of nitrogens with two attached hydrogens (primary N) is 1. The molecule has 0 radical (unpaired) electrons. The zero-order chi connectivity index (χ0) is 24.6. The van der Waals surface area contributed by atoms with Crippen molar-refractivity contribution in [3.8, 4) is 11.3 Å². The highest BCUT2D eigenvalue weighted by Crippen LogP contribution is 2.41. The van der Waals surface area contributed by atoms with E-state index < -0.39 is 5.54 Å². The summed E-state index contributed by atoms with van der Waals surface area (Å²) in [5, 5.41) is 3.88. The fourth-order valence-corrected chi connectivity index (χ4v) is 5.13. The van der Waals surface area contributed by atoms with Crippen molar-refractivity contribution >= 4 is 34.8 Å². The van der Waals surface area contributed by atoms with Gasteiger partial charge in [-0.25, -0.2) is 9.98 Å². The molecule has 35 heavy (non-hydrogen) atoms. The minimum absolute atomic E-state index is 0.0249. The van der Waals surface area contributed by atoms with Crippen LogP contribution in [0.2, 0.25) is 5.02 Å². The lowest BCUT2D eigenvalue weighted by atomic mass is 9.86. The average molecular weight is 494 g/mol. The normalized spacial score (nSPS) is 21.2. The molecule has 0 bridgehead atoms. The average Bonchev–Trinajstić information content (AvgIpc) is 3.27. The fourth-order valence-electron chi connectivity index (χ4n) is 4.76. The molecule has 1 fully saturated rings. The molecule has 5 rings (SSSR count). The second kappa shape index (κ2) is 9.36. The number of guanidine groups is 1. The van der Waals surface area contributed by atoms with Crippen LogP contribution >= 0.6 is 11.6 Å². The van der Waals surface area contributed by atoms with Crippen LogP contribution in [0.4, 0.5) is 11.4 Å². The number of aryl methyl sites for hydroxylation is 1. The van der Waals surface area contributed by atoms with Crippen molar-refractivity contribution in [2.24, 2.45) is 10.7 Å². The van der Waals surface area contributed by atoms with E-state index in [0.717, 1.165) is 35.3 Å². The van der Waals surface area contributed by atoms with E-state index in [0.29, 0.717) is 29.9 Å². The summed E-state index contributed by atoms with van der Waals surface area (Å²) in [6.45, 7) is 4.96. The molecule has 1 saturated heterocycles. The molecule has 1 aromatic heterocycles. The van der Waals surface area contributed by atoms with Gasteiger partial charge in [-0.15, -0.1) is 0 Å². The first-order valence-corrected chi connectivity index (χ1v) is 12.1. The summed E-state index contributed by atoms with van der Waals surface area (Å²) in [5.41, 5.74) is 8.75. The fraction of sp³-hybridized carbons (Fsp3) is 0.346. The number of rotatable bonds is 5. The molecular formula is C26H28ClN5O3. The van der Waals surface area contributed by atoms with E-state index in [1.165, 1.54) is 0 Å². The second-order valence-corrected chi connectivity index (χ2v) is 9.52. The molecule has 2 aromatic carbocycles. The number of halogens is 1. The first-order valence-electron chi connectivity index (χ1n) is 11.7. The molecule has 0 saturated carbocycles. The summed E-state index contributed by atoms with van der Waals surface area (Å²) in [7, 11) is 0. The van der Waals surface area contributed by atoms with Gasteiger partial charge in [0.25, 0.3) is 0 Å². The van der Waals surface area contributed by atoms with Crippen LogP contribution in [0.1, 0.15) is 37.6 Å². The third-order valence-electron chi connectivity index (χ3n) is 6.58. The molecule has 1 amide bonds. The molecule has 0 aliphatic carbocycles. The van der Waals surface area contributed by atoms with E-state index in [1.807, 2.05) is 56.3 Å². The molecule has 0 unspecified atom stereocenters. The van der Waals surface area contributed by atoms with Gasteiger partial charge in [-0.05, 0) is 50.1 Å². The van der Waals surface area contributed by atoms with Gasteiger partial charge in [0.1, 0.15) is 0 Å². The smallest absolute Gasteiger partial charge is 0.232 e.